The summed E-state index contributed by atoms with van der Waals surface area (Å²) >= 11 is 0. The number of imidazole rings is 1. The quantitative estimate of drug-likeness (QED) is 0.300. The summed E-state index contributed by atoms with van der Waals surface area (Å²) in [5.74, 6) is 1.85. The Morgan fingerprint density at radius 3 is 2.33 bits per heavy atom. The molecule has 0 spiro atoms. The van der Waals surface area contributed by atoms with Crippen molar-refractivity contribution in [3.8, 4) is 11.5 Å². The molecule has 1 amide bonds. The van der Waals surface area contributed by atoms with Crippen LogP contribution in [0.15, 0.2) is 42.5 Å². The molecule has 2 aromatic carbocycles. The normalized spacial score (nSPS) is 11.0. The van der Waals surface area contributed by atoms with Crippen molar-refractivity contribution < 1.29 is 14.3 Å². The summed E-state index contributed by atoms with van der Waals surface area (Å²) in [6.07, 6.45) is 10.3. The third kappa shape index (κ3) is 6.73. The molecule has 0 radical (unpaired) electrons. The summed E-state index contributed by atoms with van der Waals surface area (Å²) in [4.78, 5) is 17.6. The van der Waals surface area contributed by atoms with Gasteiger partial charge in [0.25, 0.3) is 5.91 Å². The van der Waals surface area contributed by atoms with E-state index in [-0.39, 0.29) is 5.91 Å². The molecule has 3 aromatic rings. The van der Waals surface area contributed by atoms with Gasteiger partial charge in [0.15, 0.2) is 11.5 Å². The average molecular weight is 452 g/mol. The lowest BCUT2D eigenvalue weighted by Crippen LogP contribution is -2.25. The minimum atomic E-state index is -0.165. The maximum absolute atomic E-state index is 12.8. The van der Waals surface area contributed by atoms with Crippen molar-refractivity contribution in [2.75, 3.05) is 14.2 Å². The SMILES string of the molecule is CCCCCCCCCCn1c(CNC(=O)c2ccc(OC)c(OC)c2)nc2ccccc21. The Morgan fingerprint density at radius 1 is 0.909 bits per heavy atom. The first-order valence-corrected chi connectivity index (χ1v) is 12.1. The number of hydrogen-bond acceptors (Lipinski definition) is 4. The number of methoxy groups -OCH3 is 2. The minimum absolute atomic E-state index is 0.165. The van der Waals surface area contributed by atoms with E-state index in [1.807, 2.05) is 18.2 Å². The Morgan fingerprint density at radius 2 is 1.61 bits per heavy atom. The van der Waals surface area contributed by atoms with Gasteiger partial charge < -0.3 is 19.4 Å². The van der Waals surface area contributed by atoms with Crippen molar-refractivity contribution in [2.24, 2.45) is 0 Å². The van der Waals surface area contributed by atoms with Crippen molar-refractivity contribution in [2.45, 2.75) is 71.4 Å². The first-order valence-electron chi connectivity index (χ1n) is 12.1. The number of amides is 1. The molecule has 0 saturated heterocycles. The fourth-order valence-corrected chi connectivity index (χ4v) is 4.15. The third-order valence-corrected chi connectivity index (χ3v) is 6.02. The maximum atomic E-state index is 12.8. The zero-order valence-electron chi connectivity index (χ0n) is 20.2. The molecule has 3 rings (SSSR count). The van der Waals surface area contributed by atoms with Crippen LogP contribution in [0.4, 0.5) is 0 Å². The molecule has 0 atom stereocenters. The highest BCUT2D eigenvalue weighted by Crippen LogP contribution is 2.27. The lowest BCUT2D eigenvalue weighted by Gasteiger charge is -2.12. The van der Waals surface area contributed by atoms with Gasteiger partial charge in [-0.3, -0.25) is 4.79 Å². The summed E-state index contributed by atoms with van der Waals surface area (Å²) in [5, 5.41) is 3.02. The van der Waals surface area contributed by atoms with E-state index in [1.54, 1.807) is 32.4 Å². The lowest BCUT2D eigenvalue weighted by molar-refractivity contribution is 0.0949. The number of benzene rings is 2. The van der Waals surface area contributed by atoms with Gasteiger partial charge in [-0.2, -0.15) is 0 Å². The second-order valence-electron chi connectivity index (χ2n) is 8.40. The van der Waals surface area contributed by atoms with E-state index in [4.69, 9.17) is 14.5 Å². The van der Waals surface area contributed by atoms with Crippen LogP contribution in [-0.4, -0.2) is 29.7 Å². The van der Waals surface area contributed by atoms with E-state index in [9.17, 15) is 4.79 Å². The number of carbonyl (C=O) groups is 1. The number of ether oxygens (including phenoxy) is 2. The van der Waals surface area contributed by atoms with Gasteiger partial charge in [-0.1, -0.05) is 64.0 Å². The topological polar surface area (TPSA) is 65.4 Å². The van der Waals surface area contributed by atoms with E-state index >= 15 is 0 Å². The molecule has 178 valence electrons. The van der Waals surface area contributed by atoms with Crippen LogP contribution >= 0.6 is 0 Å². The summed E-state index contributed by atoms with van der Waals surface area (Å²) < 4.78 is 12.8. The van der Waals surface area contributed by atoms with Gasteiger partial charge in [-0.05, 0) is 36.8 Å². The predicted octanol–water partition coefficient (Wildman–Crippen LogP) is 6.12. The van der Waals surface area contributed by atoms with E-state index in [1.165, 1.54) is 44.9 Å². The summed E-state index contributed by atoms with van der Waals surface area (Å²) in [6.45, 7) is 3.54. The van der Waals surface area contributed by atoms with Gasteiger partial charge in [0.2, 0.25) is 0 Å². The van der Waals surface area contributed by atoms with Crippen molar-refractivity contribution in [3.63, 3.8) is 0 Å². The molecule has 6 nitrogen and oxygen atoms in total. The Kier molecular flexibility index (Phi) is 9.60. The monoisotopic (exact) mass is 451 g/mol. The van der Waals surface area contributed by atoms with Crippen LogP contribution in [0.25, 0.3) is 11.0 Å². The number of nitrogens with one attached hydrogen (secondary N) is 1. The van der Waals surface area contributed by atoms with Crippen LogP contribution < -0.4 is 14.8 Å². The van der Waals surface area contributed by atoms with Crippen molar-refractivity contribution >= 4 is 16.9 Å². The molecule has 33 heavy (non-hydrogen) atoms. The molecule has 0 aliphatic rings. The van der Waals surface area contributed by atoms with Crippen LogP contribution in [0, 0.1) is 0 Å². The van der Waals surface area contributed by atoms with Crippen LogP contribution in [0.5, 0.6) is 11.5 Å². The highest BCUT2D eigenvalue weighted by Gasteiger charge is 2.14. The van der Waals surface area contributed by atoms with Gasteiger partial charge in [0.05, 0.1) is 31.8 Å². The number of hydrogen-bond donors (Lipinski definition) is 1. The molecule has 0 aliphatic carbocycles. The second-order valence-corrected chi connectivity index (χ2v) is 8.40. The number of rotatable bonds is 14. The van der Waals surface area contributed by atoms with Gasteiger partial charge in [-0.15, -0.1) is 0 Å². The van der Waals surface area contributed by atoms with Gasteiger partial charge in [0, 0.05) is 12.1 Å². The van der Waals surface area contributed by atoms with Crippen LogP contribution in [-0.2, 0) is 13.1 Å². The molecule has 0 aliphatic heterocycles. The number of nitrogens with zero attached hydrogens (tertiary/aromatic N) is 2. The third-order valence-electron chi connectivity index (χ3n) is 6.02. The standard InChI is InChI=1S/C27H37N3O3/c1-4-5-6-7-8-9-10-13-18-30-23-15-12-11-14-22(23)29-26(30)20-28-27(31)21-16-17-24(32-2)25(19-21)33-3/h11-12,14-17,19H,4-10,13,18,20H2,1-3H3,(H,28,31). The Balaban J connectivity index is 1.61. The van der Waals surface area contributed by atoms with Gasteiger partial charge in [-0.25, -0.2) is 4.98 Å². The molecule has 0 bridgehead atoms. The Bertz CT molecular complexity index is 1030. The minimum Gasteiger partial charge on any atom is -0.493 e. The second kappa shape index (κ2) is 12.9. The number of carbonyl (C=O) groups excluding carboxylic acids is 1. The molecule has 0 saturated carbocycles. The zero-order valence-corrected chi connectivity index (χ0v) is 20.2. The molecular formula is C27H37N3O3. The molecular weight excluding hydrogens is 414 g/mol. The molecule has 1 aromatic heterocycles. The molecule has 1 N–H and O–H groups in total. The van der Waals surface area contributed by atoms with E-state index in [2.05, 4.69) is 22.9 Å². The lowest BCUT2D eigenvalue weighted by atomic mass is 10.1. The Labute approximate surface area is 197 Å². The highest BCUT2D eigenvalue weighted by atomic mass is 16.5. The van der Waals surface area contributed by atoms with E-state index in [0.717, 1.165) is 29.8 Å². The fourth-order valence-electron chi connectivity index (χ4n) is 4.15. The molecule has 1 heterocycles. The van der Waals surface area contributed by atoms with E-state index in [0.29, 0.717) is 23.6 Å². The van der Waals surface area contributed by atoms with Crippen molar-refractivity contribution in [1.29, 1.82) is 0 Å². The highest BCUT2D eigenvalue weighted by molar-refractivity contribution is 5.94. The summed E-state index contributed by atoms with van der Waals surface area (Å²) in [7, 11) is 3.14. The first-order chi connectivity index (χ1) is 16.2. The number of para-hydroxylation sites is 2. The molecule has 0 fully saturated rings. The van der Waals surface area contributed by atoms with E-state index < -0.39 is 0 Å². The predicted molar refractivity (Wildman–Crippen MR) is 133 cm³/mol. The summed E-state index contributed by atoms with van der Waals surface area (Å²) in [6, 6.07) is 13.3. The first kappa shape index (κ1) is 24.6. The van der Waals surface area contributed by atoms with Crippen molar-refractivity contribution in [3.05, 3.63) is 53.9 Å². The van der Waals surface area contributed by atoms with Crippen LogP contribution in [0.3, 0.4) is 0 Å². The molecule has 6 heteroatoms. The van der Waals surface area contributed by atoms with Gasteiger partial charge >= 0.3 is 0 Å². The fraction of sp³-hybridized carbons (Fsp3) is 0.481. The zero-order chi connectivity index (χ0) is 23.5. The smallest absolute Gasteiger partial charge is 0.251 e. The molecule has 0 unspecified atom stereocenters. The maximum Gasteiger partial charge on any atom is 0.251 e. The van der Waals surface area contributed by atoms with Gasteiger partial charge in [0.1, 0.15) is 5.82 Å². The number of aromatic nitrogens is 2. The number of unbranched alkanes of at least 4 members (excludes halogenated alkanes) is 7. The Hall–Kier alpha value is -3.02. The van der Waals surface area contributed by atoms with Crippen molar-refractivity contribution in [1.82, 2.24) is 14.9 Å². The average Bonchev–Trinajstić information content (AvgIpc) is 3.21. The largest absolute Gasteiger partial charge is 0.493 e. The number of fused-ring (bicyclic) bond motifs is 1. The summed E-state index contributed by atoms with van der Waals surface area (Å²) in [5.41, 5.74) is 2.61. The van der Waals surface area contributed by atoms with Crippen LogP contribution in [0.2, 0.25) is 0 Å². The number of aryl methyl sites for hydroxylation is 1. The van der Waals surface area contributed by atoms with Crippen LogP contribution in [0.1, 0.15) is 74.5 Å².